The molecule has 110 valence electrons. The van der Waals surface area contributed by atoms with E-state index in [-0.39, 0.29) is 12.3 Å². The third kappa shape index (κ3) is 2.73. The van der Waals surface area contributed by atoms with E-state index in [4.69, 9.17) is 9.47 Å². The molecule has 1 aliphatic heterocycles. The van der Waals surface area contributed by atoms with Gasteiger partial charge in [-0.05, 0) is 24.6 Å². The Hall–Kier alpha value is -2.77. The number of carbonyl (C=O) groups excluding carboxylic acids is 3. The van der Waals surface area contributed by atoms with Crippen molar-refractivity contribution in [1.82, 2.24) is 0 Å². The van der Waals surface area contributed by atoms with Crippen LogP contribution in [0.15, 0.2) is 24.3 Å². The summed E-state index contributed by atoms with van der Waals surface area (Å²) in [5.41, 5.74) is 0.167. The molecule has 0 saturated carbocycles. The van der Waals surface area contributed by atoms with Gasteiger partial charge in [0.15, 0.2) is 5.92 Å². The van der Waals surface area contributed by atoms with Crippen molar-refractivity contribution < 1.29 is 28.8 Å². The van der Waals surface area contributed by atoms with Crippen LogP contribution in [-0.2, 0) is 23.9 Å². The lowest BCUT2D eigenvalue weighted by atomic mass is 9.94. The van der Waals surface area contributed by atoms with Crippen molar-refractivity contribution in [3.8, 4) is 0 Å². The highest BCUT2D eigenvalue weighted by Gasteiger charge is 2.49. The second kappa shape index (κ2) is 5.70. The van der Waals surface area contributed by atoms with Crippen LogP contribution in [0, 0.1) is 16.0 Å². The topological polar surface area (TPSA) is 113 Å². The molecule has 2 rings (SSSR count). The monoisotopic (exact) mass is 293 g/mol. The van der Waals surface area contributed by atoms with Gasteiger partial charge in [-0.25, -0.2) is 4.79 Å². The average molecular weight is 293 g/mol. The number of benzene rings is 1. The van der Waals surface area contributed by atoms with E-state index in [1.165, 1.54) is 24.3 Å². The highest BCUT2D eigenvalue weighted by molar-refractivity contribution is 6.40. The summed E-state index contributed by atoms with van der Waals surface area (Å²) >= 11 is 0. The first-order valence-corrected chi connectivity index (χ1v) is 6.11. The van der Waals surface area contributed by atoms with Gasteiger partial charge in [-0.2, -0.15) is 0 Å². The van der Waals surface area contributed by atoms with Crippen LogP contribution in [0.25, 0.3) is 0 Å². The van der Waals surface area contributed by atoms with Gasteiger partial charge in [0, 0.05) is 12.1 Å². The molecule has 1 heterocycles. The molecule has 21 heavy (non-hydrogen) atoms. The van der Waals surface area contributed by atoms with Gasteiger partial charge >= 0.3 is 11.9 Å². The number of nitrogens with zero attached hydrogens (tertiary/aromatic N) is 1. The first-order valence-electron chi connectivity index (χ1n) is 6.11. The van der Waals surface area contributed by atoms with Gasteiger partial charge in [0.25, 0.3) is 11.5 Å². The van der Waals surface area contributed by atoms with Gasteiger partial charge < -0.3 is 9.47 Å². The summed E-state index contributed by atoms with van der Waals surface area (Å²) in [6, 6.07) is 5.07. The molecule has 0 bridgehead atoms. The number of rotatable bonds is 4. The molecular formula is C13H11NO7. The summed E-state index contributed by atoms with van der Waals surface area (Å²) in [7, 11) is 0. The second-order valence-corrected chi connectivity index (χ2v) is 4.27. The summed E-state index contributed by atoms with van der Waals surface area (Å²) in [6.45, 7) is 1.63. The number of hydrogen-bond acceptors (Lipinski definition) is 7. The number of Topliss-reactive ketones (excluding diaryl/α,β-unsaturated/α-hetero) is 1. The van der Waals surface area contributed by atoms with Gasteiger partial charge in [0.05, 0.1) is 11.5 Å². The Kier molecular flexibility index (Phi) is 3.97. The van der Waals surface area contributed by atoms with Gasteiger partial charge in [-0.3, -0.25) is 19.7 Å². The van der Waals surface area contributed by atoms with Crippen molar-refractivity contribution in [3.63, 3.8) is 0 Å². The zero-order valence-corrected chi connectivity index (χ0v) is 11.0. The van der Waals surface area contributed by atoms with Crippen molar-refractivity contribution in [3.05, 3.63) is 39.9 Å². The van der Waals surface area contributed by atoms with Crippen LogP contribution in [0.2, 0.25) is 0 Å². The van der Waals surface area contributed by atoms with E-state index in [0.717, 1.165) is 0 Å². The lowest BCUT2D eigenvalue weighted by Crippen LogP contribution is -2.27. The fraction of sp³-hybridized carbons (Fsp3) is 0.308. The number of hydrogen-bond donors (Lipinski definition) is 0. The summed E-state index contributed by atoms with van der Waals surface area (Å²) in [5.74, 6) is -4.32. The van der Waals surface area contributed by atoms with Crippen molar-refractivity contribution in [2.45, 2.75) is 13.0 Å². The highest BCUT2D eigenvalue weighted by Crippen LogP contribution is 2.34. The fourth-order valence-corrected chi connectivity index (χ4v) is 2.01. The molecule has 2 atom stereocenters. The van der Waals surface area contributed by atoms with Crippen molar-refractivity contribution in [2.24, 2.45) is 5.92 Å². The number of non-ortho nitro benzene ring substituents is 1. The van der Waals surface area contributed by atoms with E-state index in [0.29, 0.717) is 5.56 Å². The molecule has 0 spiro atoms. The quantitative estimate of drug-likeness (QED) is 0.267. The molecule has 8 heteroatoms. The highest BCUT2D eigenvalue weighted by atomic mass is 16.6. The fourth-order valence-electron chi connectivity index (χ4n) is 2.01. The van der Waals surface area contributed by atoms with Crippen molar-refractivity contribution in [2.75, 3.05) is 6.61 Å². The minimum absolute atomic E-state index is 0.0593. The van der Waals surface area contributed by atoms with Crippen LogP contribution >= 0.6 is 0 Å². The first kappa shape index (κ1) is 14.6. The zero-order chi connectivity index (χ0) is 15.6. The van der Waals surface area contributed by atoms with Crippen LogP contribution in [0.1, 0.15) is 18.6 Å². The molecule has 0 radical (unpaired) electrons. The van der Waals surface area contributed by atoms with Crippen LogP contribution in [0.3, 0.4) is 0 Å². The maximum atomic E-state index is 11.8. The molecule has 0 unspecified atom stereocenters. The predicted molar refractivity (Wildman–Crippen MR) is 67.1 cm³/mol. The van der Waals surface area contributed by atoms with Gasteiger partial charge in [-0.15, -0.1) is 0 Å². The summed E-state index contributed by atoms with van der Waals surface area (Å²) in [4.78, 5) is 44.8. The maximum absolute atomic E-state index is 11.8. The Morgan fingerprint density at radius 2 is 1.95 bits per heavy atom. The number of ether oxygens (including phenoxy) is 2. The van der Waals surface area contributed by atoms with E-state index >= 15 is 0 Å². The number of esters is 2. The minimum atomic E-state index is -1.38. The number of carbonyl (C=O) groups is 3. The number of nitro groups is 1. The van der Waals surface area contributed by atoms with E-state index in [1.807, 2.05) is 0 Å². The maximum Gasteiger partial charge on any atom is 0.376 e. The van der Waals surface area contributed by atoms with Gasteiger partial charge in [0.1, 0.15) is 6.10 Å². The SMILES string of the molecule is CCOC(=O)[C@@H]1C(=O)C(=O)O[C@H]1c1ccc([N+](=O)[O-])cc1. The lowest BCUT2D eigenvalue weighted by molar-refractivity contribution is -0.384. The molecule has 0 aromatic heterocycles. The molecule has 1 saturated heterocycles. The predicted octanol–water partition coefficient (Wildman–Crippen LogP) is 0.941. The molecule has 0 aliphatic carbocycles. The Balaban J connectivity index is 2.31. The van der Waals surface area contributed by atoms with Crippen LogP contribution in [0.4, 0.5) is 5.69 Å². The van der Waals surface area contributed by atoms with E-state index in [1.54, 1.807) is 6.92 Å². The van der Waals surface area contributed by atoms with Crippen molar-refractivity contribution >= 4 is 23.4 Å². The van der Waals surface area contributed by atoms with E-state index in [9.17, 15) is 24.5 Å². The lowest BCUT2D eigenvalue weighted by Gasteiger charge is -2.15. The van der Waals surface area contributed by atoms with Crippen LogP contribution < -0.4 is 0 Å². The average Bonchev–Trinajstić information content (AvgIpc) is 2.75. The molecule has 1 aromatic rings. The third-order valence-corrected chi connectivity index (χ3v) is 2.99. The molecule has 0 N–H and O–H groups in total. The number of ketones is 1. The molecule has 1 aliphatic rings. The van der Waals surface area contributed by atoms with E-state index in [2.05, 4.69) is 0 Å². The summed E-state index contributed by atoms with van der Waals surface area (Å²) < 4.78 is 9.64. The number of nitro benzene ring substituents is 1. The third-order valence-electron chi connectivity index (χ3n) is 2.99. The number of cyclic esters (lactones) is 1. The molecule has 8 nitrogen and oxygen atoms in total. The smallest absolute Gasteiger partial charge is 0.376 e. The van der Waals surface area contributed by atoms with Crippen molar-refractivity contribution in [1.29, 1.82) is 0 Å². The zero-order valence-electron chi connectivity index (χ0n) is 11.0. The first-order chi connectivity index (χ1) is 9.95. The van der Waals surface area contributed by atoms with Gasteiger partial charge in [-0.1, -0.05) is 0 Å². The Morgan fingerprint density at radius 3 is 2.48 bits per heavy atom. The van der Waals surface area contributed by atoms with Gasteiger partial charge in [0.2, 0.25) is 0 Å². The summed E-state index contributed by atoms with van der Waals surface area (Å²) in [6.07, 6.45) is -1.12. The molecular weight excluding hydrogens is 282 g/mol. The Labute approximate surface area is 118 Å². The minimum Gasteiger partial charge on any atom is -0.465 e. The summed E-state index contributed by atoms with van der Waals surface area (Å²) in [5, 5.41) is 10.6. The molecule has 1 fully saturated rings. The standard InChI is InChI=1S/C13H11NO7/c1-2-20-12(16)9-10(15)13(17)21-11(9)7-3-5-8(6-4-7)14(18)19/h3-6,9,11H,2H2,1H3/t9-,11+/m1/s1. The molecule has 0 amide bonds. The van der Waals surface area contributed by atoms with E-state index < -0.39 is 34.7 Å². The second-order valence-electron chi connectivity index (χ2n) is 4.27. The molecule has 1 aromatic carbocycles. The largest absolute Gasteiger partial charge is 0.465 e. The Morgan fingerprint density at radius 1 is 1.33 bits per heavy atom. The Bertz CT molecular complexity index is 607. The normalized spacial score (nSPS) is 21.0. The van der Waals surface area contributed by atoms with Crippen LogP contribution in [0.5, 0.6) is 0 Å². The van der Waals surface area contributed by atoms with Crippen LogP contribution in [-0.4, -0.2) is 29.3 Å².